The van der Waals surface area contributed by atoms with E-state index in [1.807, 2.05) is 0 Å². The third kappa shape index (κ3) is 56.9. The number of allylic oxidation sites excluding steroid dienone is 2. The second-order valence-corrected chi connectivity index (χ2v) is 21.3. The number of unbranched alkanes of at least 4 members (excludes halogenated alkanes) is 45. The van der Waals surface area contributed by atoms with Gasteiger partial charge in [0.15, 0.2) is 6.10 Å². The topological polar surface area (TPSA) is 78.9 Å². The number of carbonyl (C=O) groups excluding carboxylic acids is 3. The molecule has 0 fully saturated rings. The van der Waals surface area contributed by atoms with E-state index in [4.69, 9.17) is 14.2 Å². The summed E-state index contributed by atoms with van der Waals surface area (Å²) >= 11 is 0. The van der Waals surface area contributed by atoms with Crippen molar-refractivity contribution in [1.82, 2.24) is 0 Å². The first-order valence-electron chi connectivity index (χ1n) is 31.2. The molecule has 0 spiro atoms. The standard InChI is InChI=1S/C63H120O6/c1-4-7-10-13-16-19-22-25-28-30-31-32-33-34-36-38-41-44-47-50-53-56-62(65)68-59-60(58-67-61(64)55-52-49-46-43-40-37-27-24-21-18-15-12-9-6-3)69-63(66)57-54-51-48-45-42-39-35-29-26-23-20-17-14-11-8-5-2/h29,35,60H,4-28,30-34,36-59H2,1-3H3/b35-29-. The van der Waals surface area contributed by atoms with Crippen LogP contribution in [0.3, 0.4) is 0 Å². The maximum Gasteiger partial charge on any atom is 0.306 e. The molecule has 0 radical (unpaired) electrons. The fourth-order valence-corrected chi connectivity index (χ4v) is 9.56. The predicted molar refractivity (Wildman–Crippen MR) is 298 cm³/mol. The molecule has 6 nitrogen and oxygen atoms in total. The van der Waals surface area contributed by atoms with Crippen LogP contribution in [0.1, 0.15) is 355 Å². The van der Waals surface area contributed by atoms with Gasteiger partial charge in [-0.25, -0.2) is 0 Å². The summed E-state index contributed by atoms with van der Waals surface area (Å²) < 4.78 is 16.9. The molecule has 0 aliphatic heterocycles. The first-order chi connectivity index (χ1) is 34.0. The van der Waals surface area contributed by atoms with Crippen molar-refractivity contribution in [1.29, 1.82) is 0 Å². The minimum Gasteiger partial charge on any atom is -0.462 e. The molecule has 1 atom stereocenters. The summed E-state index contributed by atoms with van der Waals surface area (Å²) in [4.78, 5) is 38.2. The van der Waals surface area contributed by atoms with Crippen LogP contribution in [-0.2, 0) is 28.6 Å². The highest BCUT2D eigenvalue weighted by Crippen LogP contribution is 2.18. The average Bonchev–Trinajstić information content (AvgIpc) is 3.35. The van der Waals surface area contributed by atoms with Gasteiger partial charge in [-0.2, -0.15) is 0 Å². The van der Waals surface area contributed by atoms with E-state index < -0.39 is 6.10 Å². The van der Waals surface area contributed by atoms with Gasteiger partial charge in [-0.1, -0.05) is 303 Å². The zero-order chi connectivity index (χ0) is 50.0. The van der Waals surface area contributed by atoms with Crippen molar-refractivity contribution in [3.63, 3.8) is 0 Å². The fourth-order valence-electron chi connectivity index (χ4n) is 9.56. The SMILES string of the molecule is CCCCCCCCC/C=C\CCCCCCCC(=O)OC(COC(=O)CCCCCCCCCCCCCCCC)COC(=O)CCCCCCCCCCCCCCCCCCCCCCC. The Bertz CT molecular complexity index is 1070. The Morgan fingerprint density at radius 3 is 0.725 bits per heavy atom. The maximum absolute atomic E-state index is 12.9. The van der Waals surface area contributed by atoms with Gasteiger partial charge in [0.05, 0.1) is 0 Å². The quantitative estimate of drug-likeness (QED) is 0.0261. The van der Waals surface area contributed by atoms with E-state index in [1.54, 1.807) is 0 Å². The number of esters is 3. The Morgan fingerprint density at radius 2 is 0.478 bits per heavy atom. The van der Waals surface area contributed by atoms with Gasteiger partial charge < -0.3 is 14.2 Å². The molecule has 0 aromatic rings. The van der Waals surface area contributed by atoms with Crippen molar-refractivity contribution in [2.45, 2.75) is 361 Å². The van der Waals surface area contributed by atoms with Crippen LogP contribution < -0.4 is 0 Å². The molecule has 0 aromatic heterocycles. The Hall–Kier alpha value is -1.85. The lowest BCUT2D eigenvalue weighted by Gasteiger charge is -2.18. The van der Waals surface area contributed by atoms with Gasteiger partial charge in [-0.05, 0) is 44.9 Å². The van der Waals surface area contributed by atoms with Gasteiger partial charge in [0, 0.05) is 19.3 Å². The molecule has 0 heterocycles. The molecule has 0 bridgehead atoms. The summed E-state index contributed by atoms with van der Waals surface area (Å²) in [6, 6.07) is 0. The van der Waals surface area contributed by atoms with Crippen LogP contribution in [0.4, 0.5) is 0 Å². The summed E-state index contributed by atoms with van der Waals surface area (Å²) in [7, 11) is 0. The number of carbonyl (C=O) groups is 3. The first kappa shape index (κ1) is 67.1. The summed E-state index contributed by atoms with van der Waals surface area (Å²) in [6.07, 6.45) is 67.8. The summed E-state index contributed by atoms with van der Waals surface area (Å²) in [5.74, 6) is -0.847. The third-order valence-electron chi connectivity index (χ3n) is 14.3. The second-order valence-electron chi connectivity index (χ2n) is 21.3. The highest BCUT2D eigenvalue weighted by Gasteiger charge is 2.19. The smallest absolute Gasteiger partial charge is 0.306 e. The average molecular weight is 974 g/mol. The van der Waals surface area contributed by atoms with E-state index in [9.17, 15) is 14.4 Å². The van der Waals surface area contributed by atoms with E-state index in [-0.39, 0.29) is 31.1 Å². The lowest BCUT2D eigenvalue weighted by atomic mass is 10.0. The number of rotatable bonds is 58. The van der Waals surface area contributed by atoms with Gasteiger partial charge in [0.25, 0.3) is 0 Å². The lowest BCUT2D eigenvalue weighted by Crippen LogP contribution is -2.30. The van der Waals surface area contributed by atoms with Gasteiger partial charge in [-0.15, -0.1) is 0 Å². The van der Waals surface area contributed by atoms with Crippen molar-refractivity contribution in [3.05, 3.63) is 12.2 Å². The molecule has 69 heavy (non-hydrogen) atoms. The number of hydrogen-bond donors (Lipinski definition) is 0. The van der Waals surface area contributed by atoms with Crippen LogP contribution >= 0.6 is 0 Å². The van der Waals surface area contributed by atoms with Crippen LogP contribution in [0.2, 0.25) is 0 Å². The Kier molecular flexibility index (Phi) is 57.1. The normalized spacial score (nSPS) is 12.0. The summed E-state index contributed by atoms with van der Waals surface area (Å²) in [5.41, 5.74) is 0. The molecule has 408 valence electrons. The fraction of sp³-hybridized carbons (Fsp3) is 0.921. The monoisotopic (exact) mass is 973 g/mol. The molecule has 0 rings (SSSR count). The maximum atomic E-state index is 12.9. The summed E-state index contributed by atoms with van der Waals surface area (Å²) in [5, 5.41) is 0. The molecular formula is C63H120O6. The first-order valence-corrected chi connectivity index (χ1v) is 31.2. The Labute approximate surface area is 431 Å². The van der Waals surface area contributed by atoms with Crippen LogP contribution in [0.15, 0.2) is 12.2 Å². The third-order valence-corrected chi connectivity index (χ3v) is 14.3. The molecule has 0 aromatic carbocycles. The largest absolute Gasteiger partial charge is 0.462 e. The molecule has 0 N–H and O–H groups in total. The van der Waals surface area contributed by atoms with Crippen LogP contribution in [0, 0.1) is 0 Å². The molecule has 0 saturated carbocycles. The van der Waals surface area contributed by atoms with Crippen molar-refractivity contribution in [2.75, 3.05) is 13.2 Å². The van der Waals surface area contributed by atoms with Crippen LogP contribution in [0.5, 0.6) is 0 Å². The van der Waals surface area contributed by atoms with E-state index in [0.717, 1.165) is 64.2 Å². The molecule has 6 heteroatoms. The van der Waals surface area contributed by atoms with Gasteiger partial charge in [0.1, 0.15) is 13.2 Å². The minimum atomic E-state index is -0.769. The zero-order valence-electron chi connectivity index (χ0n) is 46.9. The van der Waals surface area contributed by atoms with Crippen molar-refractivity contribution in [3.8, 4) is 0 Å². The molecular weight excluding hydrogens is 853 g/mol. The van der Waals surface area contributed by atoms with Gasteiger partial charge in [0.2, 0.25) is 0 Å². The number of ether oxygens (including phenoxy) is 3. The van der Waals surface area contributed by atoms with E-state index in [1.165, 1.54) is 250 Å². The van der Waals surface area contributed by atoms with Gasteiger partial charge >= 0.3 is 17.9 Å². The van der Waals surface area contributed by atoms with E-state index >= 15 is 0 Å². The van der Waals surface area contributed by atoms with Crippen LogP contribution in [-0.4, -0.2) is 37.2 Å². The molecule has 0 saturated heterocycles. The van der Waals surface area contributed by atoms with Crippen molar-refractivity contribution in [2.24, 2.45) is 0 Å². The minimum absolute atomic E-state index is 0.0670. The van der Waals surface area contributed by atoms with Crippen molar-refractivity contribution < 1.29 is 28.6 Å². The lowest BCUT2D eigenvalue weighted by molar-refractivity contribution is -0.167. The second kappa shape index (κ2) is 58.7. The highest BCUT2D eigenvalue weighted by atomic mass is 16.6. The predicted octanol–water partition coefficient (Wildman–Crippen LogP) is 20.9. The van der Waals surface area contributed by atoms with Crippen molar-refractivity contribution >= 4 is 17.9 Å². The number of hydrogen-bond acceptors (Lipinski definition) is 6. The van der Waals surface area contributed by atoms with Gasteiger partial charge in [-0.3, -0.25) is 14.4 Å². The zero-order valence-corrected chi connectivity index (χ0v) is 46.9. The molecule has 1 unspecified atom stereocenters. The molecule has 0 amide bonds. The summed E-state index contributed by atoms with van der Waals surface area (Å²) in [6.45, 7) is 6.70. The van der Waals surface area contributed by atoms with E-state index in [0.29, 0.717) is 19.3 Å². The molecule has 0 aliphatic carbocycles. The molecule has 0 aliphatic rings. The highest BCUT2D eigenvalue weighted by molar-refractivity contribution is 5.71. The van der Waals surface area contributed by atoms with Crippen LogP contribution in [0.25, 0.3) is 0 Å². The van der Waals surface area contributed by atoms with E-state index in [2.05, 4.69) is 32.9 Å². The Morgan fingerprint density at radius 1 is 0.275 bits per heavy atom. The Balaban J connectivity index is 4.27.